The first-order chi connectivity index (χ1) is 11.8. The smallest absolute Gasteiger partial charge is 0.308 e. The van der Waals surface area contributed by atoms with Crippen LogP contribution in [-0.4, -0.2) is 33.7 Å². The van der Waals surface area contributed by atoms with E-state index in [9.17, 15) is 24.9 Å². The minimum Gasteiger partial charge on any atom is -0.508 e. The van der Waals surface area contributed by atoms with Gasteiger partial charge in [-0.1, -0.05) is 6.07 Å². The average Bonchev–Trinajstić information content (AvgIpc) is 2.52. The number of phenolic OH excluding ortho intramolecular Hbond substituents is 3. The van der Waals surface area contributed by atoms with E-state index in [4.69, 9.17) is 9.47 Å². The fraction of sp³-hybridized carbons (Fsp3) is 0.222. The second-order valence-corrected chi connectivity index (χ2v) is 5.81. The maximum Gasteiger partial charge on any atom is 0.308 e. The lowest BCUT2D eigenvalue weighted by atomic mass is 9.89. The summed E-state index contributed by atoms with van der Waals surface area (Å²) in [4.78, 5) is 23.7. The third kappa shape index (κ3) is 3.35. The molecule has 1 atom stereocenters. The number of fused-ring (bicyclic) bond motifs is 1. The molecule has 0 aliphatic carbocycles. The van der Waals surface area contributed by atoms with Gasteiger partial charge in [-0.2, -0.15) is 0 Å². The molecule has 7 nitrogen and oxygen atoms in total. The quantitative estimate of drug-likeness (QED) is 0.577. The summed E-state index contributed by atoms with van der Waals surface area (Å²) in [5.41, 5.74) is 0.700. The van der Waals surface area contributed by atoms with Gasteiger partial charge in [-0.25, -0.2) is 0 Å². The number of hydrogen-bond donors (Lipinski definition) is 3. The van der Waals surface area contributed by atoms with Crippen molar-refractivity contribution in [2.75, 3.05) is 6.61 Å². The van der Waals surface area contributed by atoms with Gasteiger partial charge in [0, 0.05) is 19.1 Å². The molecular formula is C18H16O7. The molecule has 3 rings (SSSR count). The zero-order chi connectivity index (χ0) is 18.1. The Labute approximate surface area is 143 Å². The number of Topliss-reactive ketones (excluding diaryl/α,β-unsaturated/α-hetero) is 1. The Balaban J connectivity index is 1.85. The van der Waals surface area contributed by atoms with Crippen LogP contribution in [0, 0.1) is 5.92 Å². The van der Waals surface area contributed by atoms with Crippen LogP contribution in [0.1, 0.15) is 22.8 Å². The number of benzene rings is 2. The van der Waals surface area contributed by atoms with Gasteiger partial charge in [0.2, 0.25) is 0 Å². The summed E-state index contributed by atoms with van der Waals surface area (Å²) in [6.07, 6.45) is 0.271. The molecule has 1 aliphatic rings. The van der Waals surface area contributed by atoms with Crippen LogP contribution in [0.25, 0.3) is 0 Å². The monoisotopic (exact) mass is 344 g/mol. The lowest BCUT2D eigenvalue weighted by molar-refractivity contribution is -0.132. The van der Waals surface area contributed by atoms with Crippen molar-refractivity contribution in [2.24, 2.45) is 5.92 Å². The van der Waals surface area contributed by atoms with Gasteiger partial charge in [-0.15, -0.1) is 0 Å². The Hall–Kier alpha value is -3.22. The highest BCUT2D eigenvalue weighted by Gasteiger charge is 2.32. The molecule has 0 unspecified atom stereocenters. The van der Waals surface area contributed by atoms with Crippen LogP contribution in [-0.2, 0) is 11.2 Å². The van der Waals surface area contributed by atoms with E-state index < -0.39 is 11.9 Å². The molecule has 0 radical (unpaired) electrons. The predicted molar refractivity (Wildman–Crippen MR) is 86.2 cm³/mol. The second-order valence-electron chi connectivity index (χ2n) is 5.81. The highest BCUT2D eigenvalue weighted by atomic mass is 16.5. The normalized spacial score (nSPS) is 16.0. The van der Waals surface area contributed by atoms with Crippen LogP contribution in [0.15, 0.2) is 30.3 Å². The lowest BCUT2D eigenvalue weighted by Gasteiger charge is -2.25. The predicted octanol–water partition coefficient (Wildman–Crippen LogP) is 2.16. The number of esters is 1. The van der Waals surface area contributed by atoms with Crippen LogP contribution in [0.2, 0.25) is 0 Å². The first kappa shape index (κ1) is 16.6. The number of carbonyl (C=O) groups is 2. The highest BCUT2D eigenvalue weighted by Crippen LogP contribution is 2.38. The molecule has 0 bridgehead atoms. The van der Waals surface area contributed by atoms with Gasteiger partial charge < -0.3 is 24.8 Å². The molecule has 0 saturated heterocycles. The molecule has 0 fully saturated rings. The molecule has 3 N–H and O–H groups in total. The molecular weight excluding hydrogens is 328 g/mol. The highest BCUT2D eigenvalue weighted by molar-refractivity contribution is 6.04. The zero-order valence-electron chi connectivity index (χ0n) is 13.4. The molecule has 0 amide bonds. The Kier molecular flexibility index (Phi) is 4.22. The van der Waals surface area contributed by atoms with Gasteiger partial charge in [-0.3, -0.25) is 9.59 Å². The third-order valence-electron chi connectivity index (χ3n) is 3.88. The first-order valence-electron chi connectivity index (χ1n) is 7.58. The molecule has 7 heteroatoms. The van der Waals surface area contributed by atoms with E-state index in [-0.39, 0.29) is 53.1 Å². The van der Waals surface area contributed by atoms with Crippen molar-refractivity contribution in [2.45, 2.75) is 13.3 Å². The molecule has 0 saturated carbocycles. The van der Waals surface area contributed by atoms with Crippen molar-refractivity contribution in [3.63, 3.8) is 0 Å². The van der Waals surface area contributed by atoms with Crippen molar-refractivity contribution in [3.8, 4) is 28.7 Å². The molecule has 1 heterocycles. The van der Waals surface area contributed by atoms with Crippen molar-refractivity contribution in [1.29, 1.82) is 0 Å². The fourth-order valence-corrected chi connectivity index (χ4v) is 2.78. The van der Waals surface area contributed by atoms with E-state index in [1.54, 1.807) is 6.07 Å². The number of carbonyl (C=O) groups excluding carboxylic acids is 2. The SMILES string of the molecule is CC(=O)Oc1cc(C[C@H]2COc3cc(O)cc(O)c3C2=O)ccc1O. The number of aromatic hydroxyl groups is 3. The molecule has 0 spiro atoms. The van der Waals surface area contributed by atoms with Gasteiger partial charge in [0.15, 0.2) is 17.3 Å². The van der Waals surface area contributed by atoms with Crippen LogP contribution in [0.3, 0.4) is 0 Å². The van der Waals surface area contributed by atoms with Crippen molar-refractivity contribution >= 4 is 11.8 Å². The molecule has 0 aromatic heterocycles. The van der Waals surface area contributed by atoms with Gasteiger partial charge in [-0.05, 0) is 24.1 Å². The summed E-state index contributed by atoms with van der Waals surface area (Å²) in [6, 6.07) is 6.84. The second kappa shape index (κ2) is 6.35. The van der Waals surface area contributed by atoms with Crippen LogP contribution < -0.4 is 9.47 Å². The fourth-order valence-electron chi connectivity index (χ4n) is 2.78. The average molecular weight is 344 g/mol. The number of ketones is 1. The van der Waals surface area contributed by atoms with E-state index >= 15 is 0 Å². The van der Waals surface area contributed by atoms with Crippen LogP contribution in [0.5, 0.6) is 28.7 Å². The number of ether oxygens (including phenoxy) is 2. The third-order valence-corrected chi connectivity index (χ3v) is 3.88. The van der Waals surface area contributed by atoms with E-state index in [1.165, 1.54) is 25.1 Å². The van der Waals surface area contributed by atoms with E-state index in [0.717, 1.165) is 6.07 Å². The van der Waals surface area contributed by atoms with Crippen molar-refractivity contribution in [3.05, 3.63) is 41.5 Å². The molecule has 2 aromatic rings. The largest absolute Gasteiger partial charge is 0.508 e. The van der Waals surface area contributed by atoms with Crippen molar-refractivity contribution < 1.29 is 34.4 Å². The molecule has 2 aromatic carbocycles. The topological polar surface area (TPSA) is 113 Å². The van der Waals surface area contributed by atoms with Crippen LogP contribution in [0.4, 0.5) is 0 Å². The summed E-state index contributed by atoms with van der Waals surface area (Å²) >= 11 is 0. The number of hydrogen-bond acceptors (Lipinski definition) is 7. The van der Waals surface area contributed by atoms with Gasteiger partial charge in [0.25, 0.3) is 0 Å². The summed E-state index contributed by atoms with van der Waals surface area (Å²) in [5, 5.41) is 29.1. The van der Waals surface area contributed by atoms with E-state index in [2.05, 4.69) is 0 Å². The molecule has 1 aliphatic heterocycles. The van der Waals surface area contributed by atoms with Crippen molar-refractivity contribution in [1.82, 2.24) is 0 Å². The standard InChI is InChI=1S/C18H16O7/c1-9(19)25-15-5-10(2-3-13(15)21)4-11-8-24-16-7-12(20)6-14(22)17(16)18(11)23/h2-3,5-7,11,20-22H,4,8H2,1H3/t11-/m0/s1. The first-order valence-corrected chi connectivity index (χ1v) is 7.58. The molecule has 130 valence electrons. The Morgan fingerprint density at radius 3 is 2.68 bits per heavy atom. The summed E-state index contributed by atoms with van der Waals surface area (Å²) in [6.45, 7) is 1.30. The van der Waals surface area contributed by atoms with E-state index in [1.807, 2.05) is 0 Å². The summed E-state index contributed by atoms with van der Waals surface area (Å²) in [5.74, 6) is -1.97. The van der Waals surface area contributed by atoms with Crippen LogP contribution >= 0.6 is 0 Å². The Morgan fingerprint density at radius 1 is 1.20 bits per heavy atom. The number of phenols is 3. The van der Waals surface area contributed by atoms with Gasteiger partial charge in [0.1, 0.15) is 22.8 Å². The van der Waals surface area contributed by atoms with Gasteiger partial charge >= 0.3 is 5.97 Å². The van der Waals surface area contributed by atoms with Gasteiger partial charge in [0.05, 0.1) is 12.5 Å². The molecule has 25 heavy (non-hydrogen) atoms. The number of rotatable bonds is 3. The summed E-state index contributed by atoms with van der Waals surface area (Å²) in [7, 11) is 0. The Bertz CT molecular complexity index is 857. The minimum atomic E-state index is -0.566. The summed E-state index contributed by atoms with van der Waals surface area (Å²) < 4.78 is 10.4. The maximum absolute atomic E-state index is 12.6. The maximum atomic E-state index is 12.6. The zero-order valence-corrected chi connectivity index (χ0v) is 13.4. The lowest BCUT2D eigenvalue weighted by Crippen LogP contribution is -2.29. The Morgan fingerprint density at radius 2 is 1.96 bits per heavy atom. The van der Waals surface area contributed by atoms with E-state index in [0.29, 0.717) is 5.56 Å². The minimum absolute atomic E-state index is 0.0161.